The van der Waals surface area contributed by atoms with Crippen LogP contribution in [0.1, 0.15) is 25.5 Å². The quantitative estimate of drug-likeness (QED) is 0.554. The minimum Gasteiger partial charge on any atom is -0.494 e. The Bertz CT molecular complexity index is 1050. The van der Waals surface area contributed by atoms with Crippen molar-refractivity contribution in [2.24, 2.45) is 0 Å². The van der Waals surface area contributed by atoms with Crippen LogP contribution in [-0.4, -0.2) is 41.0 Å². The number of nitrogens with zero attached hydrogens (tertiary/aromatic N) is 2. The maximum atomic E-state index is 12.8. The zero-order valence-electron chi connectivity index (χ0n) is 17.9. The molecule has 1 saturated heterocycles. The molecule has 1 unspecified atom stereocenters. The molecule has 8 heteroatoms. The molecule has 4 rings (SSSR count). The third-order valence-electron chi connectivity index (χ3n) is 5.25. The number of benzene rings is 2. The molecule has 3 aromatic rings. The Balaban J connectivity index is 1.32. The summed E-state index contributed by atoms with van der Waals surface area (Å²) in [6.07, 6.45) is 1.44. The van der Waals surface area contributed by atoms with Crippen LogP contribution in [0.2, 0.25) is 0 Å². The molecule has 2 heterocycles. The molecule has 1 aliphatic heterocycles. The van der Waals surface area contributed by atoms with Gasteiger partial charge in [0, 0.05) is 23.2 Å². The monoisotopic (exact) mass is 450 g/mol. The lowest BCUT2D eigenvalue weighted by atomic mass is 10.2. The van der Waals surface area contributed by atoms with Crippen LogP contribution in [0.5, 0.6) is 5.75 Å². The van der Waals surface area contributed by atoms with E-state index in [0.29, 0.717) is 31.8 Å². The number of urea groups is 1. The SMILES string of the molecule is CCOc1ccc(NC(=O)N2CCCC2C(=O)NCc2csc(-c3ccccc3)n2)cc1. The second-order valence-electron chi connectivity index (χ2n) is 7.47. The van der Waals surface area contributed by atoms with Gasteiger partial charge in [0.05, 0.1) is 18.8 Å². The first-order chi connectivity index (χ1) is 15.6. The summed E-state index contributed by atoms with van der Waals surface area (Å²) in [5.41, 5.74) is 2.54. The summed E-state index contributed by atoms with van der Waals surface area (Å²) in [5.74, 6) is 0.597. The standard InChI is InChI=1S/C24H26N4O3S/c1-2-31-20-12-10-18(11-13-20)27-24(30)28-14-6-9-21(28)22(29)25-15-19-16-32-23(26-19)17-7-4-3-5-8-17/h3-5,7-8,10-13,16,21H,2,6,9,14-15H2,1H3,(H,25,29)(H,27,30). The number of carbonyl (C=O) groups is 2. The number of anilines is 1. The number of likely N-dealkylation sites (tertiary alicyclic amines) is 1. The number of hydrogen-bond donors (Lipinski definition) is 2. The van der Waals surface area contributed by atoms with Gasteiger partial charge >= 0.3 is 6.03 Å². The van der Waals surface area contributed by atoms with Gasteiger partial charge in [0.2, 0.25) is 5.91 Å². The summed E-state index contributed by atoms with van der Waals surface area (Å²) >= 11 is 1.55. The maximum Gasteiger partial charge on any atom is 0.322 e. The molecule has 1 atom stereocenters. The number of amides is 3. The third kappa shape index (κ3) is 5.26. The number of rotatable bonds is 7. The van der Waals surface area contributed by atoms with Crippen molar-refractivity contribution in [3.05, 3.63) is 65.7 Å². The first-order valence-corrected chi connectivity index (χ1v) is 11.6. The Hall–Kier alpha value is -3.39. The lowest BCUT2D eigenvalue weighted by molar-refractivity contribution is -0.124. The van der Waals surface area contributed by atoms with Crippen LogP contribution in [0.25, 0.3) is 10.6 Å². The number of ether oxygens (including phenoxy) is 1. The molecule has 7 nitrogen and oxygen atoms in total. The number of thiazole rings is 1. The summed E-state index contributed by atoms with van der Waals surface area (Å²) in [4.78, 5) is 31.8. The zero-order chi connectivity index (χ0) is 22.3. The Morgan fingerprint density at radius 3 is 2.69 bits per heavy atom. The van der Waals surface area contributed by atoms with Crippen LogP contribution in [0.4, 0.5) is 10.5 Å². The molecule has 0 spiro atoms. The highest BCUT2D eigenvalue weighted by molar-refractivity contribution is 7.13. The van der Waals surface area contributed by atoms with E-state index >= 15 is 0 Å². The van der Waals surface area contributed by atoms with Crippen molar-refractivity contribution in [2.75, 3.05) is 18.5 Å². The summed E-state index contributed by atoms with van der Waals surface area (Å²) < 4.78 is 5.42. The van der Waals surface area contributed by atoms with E-state index in [1.807, 2.05) is 54.8 Å². The van der Waals surface area contributed by atoms with Gasteiger partial charge in [-0.15, -0.1) is 11.3 Å². The van der Waals surface area contributed by atoms with Crippen molar-refractivity contribution in [1.29, 1.82) is 0 Å². The van der Waals surface area contributed by atoms with E-state index in [1.54, 1.807) is 28.4 Å². The van der Waals surface area contributed by atoms with E-state index in [0.717, 1.165) is 28.4 Å². The Kier molecular flexibility index (Phi) is 7.01. The number of aromatic nitrogens is 1. The van der Waals surface area contributed by atoms with Gasteiger partial charge in [-0.3, -0.25) is 4.79 Å². The Morgan fingerprint density at radius 1 is 1.16 bits per heavy atom. The van der Waals surface area contributed by atoms with Crippen molar-refractivity contribution < 1.29 is 14.3 Å². The average molecular weight is 451 g/mol. The molecule has 0 bridgehead atoms. The lowest BCUT2D eigenvalue weighted by Crippen LogP contribution is -2.47. The molecule has 1 fully saturated rings. The maximum absolute atomic E-state index is 12.8. The molecule has 2 N–H and O–H groups in total. The van der Waals surface area contributed by atoms with Gasteiger partial charge in [-0.25, -0.2) is 9.78 Å². The molecule has 0 saturated carbocycles. The highest BCUT2D eigenvalue weighted by Gasteiger charge is 2.34. The fraction of sp³-hybridized carbons (Fsp3) is 0.292. The second kappa shape index (κ2) is 10.3. The fourth-order valence-electron chi connectivity index (χ4n) is 3.68. The topological polar surface area (TPSA) is 83.6 Å². The smallest absolute Gasteiger partial charge is 0.322 e. The molecule has 0 aliphatic carbocycles. The van der Waals surface area contributed by atoms with Gasteiger partial charge in [0.15, 0.2) is 0 Å². The molecule has 166 valence electrons. The van der Waals surface area contributed by atoms with Crippen molar-refractivity contribution in [3.63, 3.8) is 0 Å². The highest BCUT2D eigenvalue weighted by Crippen LogP contribution is 2.24. The van der Waals surface area contributed by atoms with Gasteiger partial charge in [-0.1, -0.05) is 30.3 Å². The molecule has 2 aromatic carbocycles. The van der Waals surface area contributed by atoms with E-state index in [1.165, 1.54) is 0 Å². The van der Waals surface area contributed by atoms with Crippen molar-refractivity contribution in [3.8, 4) is 16.3 Å². The minimum absolute atomic E-state index is 0.154. The van der Waals surface area contributed by atoms with E-state index in [9.17, 15) is 9.59 Å². The summed E-state index contributed by atoms with van der Waals surface area (Å²) in [6.45, 7) is 3.40. The highest BCUT2D eigenvalue weighted by atomic mass is 32.1. The van der Waals surface area contributed by atoms with Crippen LogP contribution < -0.4 is 15.4 Å². The van der Waals surface area contributed by atoms with E-state index in [-0.39, 0.29) is 11.9 Å². The summed E-state index contributed by atoms with van der Waals surface area (Å²) in [5, 5.41) is 8.69. The summed E-state index contributed by atoms with van der Waals surface area (Å²) in [7, 11) is 0. The van der Waals surface area contributed by atoms with Gasteiger partial charge in [-0.2, -0.15) is 0 Å². The number of carbonyl (C=O) groups excluding carboxylic acids is 2. The van der Waals surface area contributed by atoms with Crippen molar-refractivity contribution in [1.82, 2.24) is 15.2 Å². The summed E-state index contributed by atoms with van der Waals surface area (Å²) in [6, 6.07) is 16.4. The lowest BCUT2D eigenvalue weighted by Gasteiger charge is -2.24. The Morgan fingerprint density at radius 2 is 1.94 bits per heavy atom. The van der Waals surface area contributed by atoms with Crippen molar-refractivity contribution in [2.45, 2.75) is 32.4 Å². The van der Waals surface area contributed by atoms with Crippen LogP contribution in [0, 0.1) is 0 Å². The van der Waals surface area contributed by atoms with Crippen LogP contribution in [0.3, 0.4) is 0 Å². The first kappa shape index (κ1) is 21.8. The molecule has 0 radical (unpaired) electrons. The molecular weight excluding hydrogens is 424 g/mol. The van der Waals surface area contributed by atoms with E-state index < -0.39 is 6.04 Å². The van der Waals surface area contributed by atoms with Crippen LogP contribution in [-0.2, 0) is 11.3 Å². The Labute approximate surface area is 191 Å². The van der Waals surface area contributed by atoms with Crippen LogP contribution in [0.15, 0.2) is 60.0 Å². The largest absolute Gasteiger partial charge is 0.494 e. The first-order valence-electron chi connectivity index (χ1n) is 10.7. The van der Waals surface area contributed by atoms with Gasteiger partial charge in [-0.05, 0) is 44.0 Å². The molecule has 1 aromatic heterocycles. The van der Waals surface area contributed by atoms with E-state index in [4.69, 9.17) is 4.74 Å². The predicted octanol–water partition coefficient (Wildman–Crippen LogP) is 4.52. The van der Waals surface area contributed by atoms with Crippen molar-refractivity contribution >= 4 is 29.0 Å². The van der Waals surface area contributed by atoms with E-state index in [2.05, 4.69) is 15.6 Å². The number of hydrogen-bond acceptors (Lipinski definition) is 5. The van der Waals surface area contributed by atoms with Gasteiger partial charge in [0.25, 0.3) is 0 Å². The predicted molar refractivity (Wildman–Crippen MR) is 126 cm³/mol. The third-order valence-corrected chi connectivity index (χ3v) is 6.19. The fourth-order valence-corrected chi connectivity index (χ4v) is 4.50. The van der Waals surface area contributed by atoms with Gasteiger partial charge in [0.1, 0.15) is 16.8 Å². The molecule has 3 amide bonds. The minimum atomic E-state index is -0.482. The molecule has 32 heavy (non-hydrogen) atoms. The molecular formula is C24H26N4O3S. The van der Waals surface area contributed by atoms with Crippen LogP contribution >= 0.6 is 11.3 Å². The average Bonchev–Trinajstić information content (AvgIpc) is 3.50. The normalized spacial score (nSPS) is 15.4. The zero-order valence-corrected chi connectivity index (χ0v) is 18.7. The number of nitrogens with one attached hydrogen (secondary N) is 2. The molecule has 1 aliphatic rings. The van der Waals surface area contributed by atoms with Gasteiger partial charge < -0.3 is 20.3 Å². The second-order valence-corrected chi connectivity index (χ2v) is 8.32.